The average molecular weight is 395 g/mol. The molecule has 29 heavy (non-hydrogen) atoms. The molecule has 2 atom stereocenters. The Morgan fingerprint density at radius 1 is 1.17 bits per heavy atom. The fourth-order valence-corrected chi connectivity index (χ4v) is 3.38. The van der Waals surface area contributed by atoms with Crippen molar-refractivity contribution in [3.05, 3.63) is 59.2 Å². The van der Waals surface area contributed by atoms with Gasteiger partial charge >= 0.3 is 0 Å². The molecule has 3 rings (SSSR count). The second-order valence-corrected chi connectivity index (χ2v) is 8.40. The Morgan fingerprint density at radius 3 is 2.52 bits per heavy atom. The second-order valence-electron chi connectivity index (χ2n) is 8.40. The number of amides is 1. The Hall–Kier alpha value is -2.82. The molecule has 0 aromatic heterocycles. The van der Waals surface area contributed by atoms with Crippen LogP contribution in [0.1, 0.15) is 56.7 Å². The van der Waals surface area contributed by atoms with Gasteiger partial charge in [0.1, 0.15) is 0 Å². The SMILES string of the molecule is CCOc1cc(/C=N/NC(=O)[C@@H]2C[C@H]2c2ccc(C(C)(C)C)cc2)ccc1OC. The van der Waals surface area contributed by atoms with E-state index in [1.165, 1.54) is 11.1 Å². The molecule has 0 radical (unpaired) electrons. The Kier molecular flexibility index (Phi) is 6.26. The first kappa shape index (κ1) is 20.9. The van der Waals surface area contributed by atoms with Gasteiger partial charge in [-0.2, -0.15) is 5.10 Å². The predicted molar refractivity (Wildman–Crippen MR) is 116 cm³/mol. The van der Waals surface area contributed by atoms with Gasteiger partial charge in [0.25, 0.3) is 0 Å². The Bertz CT molecular complexity index is 882. The molecule has 0 aliphatic heterocycles. The summed E-state index contributed by atoms with van der Waals surface area (Å²) in [5, 5.41) is 4.11. The first-order valence-corrected chi connectivity index (χ1v) is 10.1. The lowest BCUT2D eigenvalue weighted by atomic mass is 9.86. The summed E-state index contributed by atoms with van der Waals surface area (Å²) < 4.78 is 10.8. The van der Waals surface area contributed by atoms with Gasteiger partial charge in [-0.25, -0.2) is 5.43 Å². The Labute approximate surface area is 173 Å². The van der Waals surface area contributed by atoms with Crippen LogP contribution in [-0.4, -0.2) is 25.8 Å². The van der Waals surface area contributed by atoms with E-state index in [0.717, 1.165) is 12.0 Å². The molecule has 0 saturated heterocycles. The second kappa shape index (κ2) is 8.68. The highest BCUT2D eigenvalue weighted by atomic mass is 16.5. The molecular weight excluding hydrogens is 364 g/mol. The number of hydrogen-bond acceptors (Lipinski definition) is 4. The van der Waals surface area contributed by atoms with Crippen molar-refractivity contribution in [2.45, 2.75) is 45.4 Å². The normalized spacial score (nSPS) is 18.5. The maximum atomic E-state index is 12.4. The standard InChI is InChI=1S/C24H30N2O3/c1-6-29-22-13-16(7-12-21(22)28-5)15-25-26-23(27)20-14-19(20)17-8-10-18(11-9-17)24(2,3)4/h7-13,15,19-20H,6,14H2,1-5H3,(H,26,27)/b25-15+/t19-,20+/m0/s1. The lowest BCUT2D eigenvalue weighted by molar-refractivity contribution is -0.122. The molecule has 0 unspecified atom stereocenters. The van der Waals surface area contributed by atoms with Crippen LogP contribution in [0.25, 0.3) is 0 Å². The fourth-order valence-electron chi connectivity index (χ4n) is 3.38. The first-order chi connectivity index (χ1) is 13.8. The number of carbonyl (C=O) groups excluding carboxylic acids is 1. The van der Waals surface area contributed by atoms with Crippen LogP contribution in [0.2, 0.25) is 0 Å². The minimum absolute atomic E-state index is 0.0116. The summed E-state index contributed by atoms with van der Waals surface area (Å²) in [5.74, 6) is 1.56. The zero-order valence-electron chi connectivity index (χ0n) is 17.9. The van der Waals surface area contributed by atoms with Crippen LogP contribution in [0, 0.1) is 5.92 Å². The maximum Gasteiger partial charge on any atom is 0.243 e. The average Bonchev–Trinajstić information content (AvgIpc) is 3.49. The van der Waals surface area contributed by atoms with Crippen molar-refractivity contribution in [2.24, 2.45) is 11.0 Å². The largest absolute Gasteiger partial charge is 0.493 e. The molecule has 2 aromatic rings. The Balaban J connectivity index is 1.56. The van der Waals surface area contributed by atoms with Gasteiger partial charge in [-0.05, 0) is 59.6 Å². The number of ether oxygens (including phenoxy) is 2. The molecule has 1 fully saturated rings. The van der Waals surface area contributed by atoms with Crippen LogP contribution in [0.4, 0.5) is 0 Å². The van der Waals surface area contributed by atoms with Gasteiger partial charge in [0.05, 0.1) is 19.9 Å². The third-order valence-corrected chi connectivity index (χ3v) is 5.21. The van der Waals surface area contributed by atoms with Gasteiger partial charge in [0.2, 0.25) is 5.91 Å². The van der Waals surface area contributed by atoms with E-state index in [-0.39, 0.29) is 23.2 Å². The van der Waals surface area contributed by atoms with E-state index < -0.39 is 0 Å². The van der Waals surface area contributed by atoms with Crippen molar-refractivity contribution < 1.29 is 14.3 Å². The molecule has 2 aromatic carbocycles. The predicted octanol–water partition coefficient (Wildman–Crippen LogP) is 4.65. The number of carbonyl (C=O) groups is 1. The van der Waals surface area contributed by atoms with Crippen molar-refractivity contribution in [3.63, 3.8) is 0 Å². The topological polar surface area (TPSA) is 59.9 Å². The van der Waals surface area contributed by atoms with Crippen LogP contribution >= 0.6 is 0 Å². The van der Waals surface area contributed by atoms with E-state index in [9.17, 15) is 4.79 Å². The van der Waals surface area contributed by atoms with E-state index in [0.29, 0.717) is 18.1 Å². The summed E-state index contributed by atoms with van der Waals surface area (Å²) in [6.07, 6.45) is 2.49. The number of methoxy groups -OCH3 is 1. The summed E-state index contributed by atoms with van der Waals surface area (Å²) in [5.41, 5.74) is 6.16. The fraction of sp³-hybridized carbons (Fsp3) is 0.417. The van der Waals surface area contributed by atoms with Gasteiger partial charge in [-0.3, -0.25) is 4.79 Å². The lowest BCUT2D eigenvalue weighted by Crippen LogP contribution is -2.20. The minimum atomic E-state index is -0.0373. The number of hydrazone groups is 1. The molecule has 1 aliphatic carbocycles. The highest BCUT2D eigenvalue weighted by molar-refractivity contribution is 5.86. The van der Waals surface area contributed by atoms with Crippen molar-refractivity contribution >= 4 is 12.1 Å². The highest BCUT2D eigenvalue weighted by Gasteiger charge is 2.44. The van der Waals surface area contributed by atoms with E-state index in [1.807, 2.05) is 25.1 Å². The first-order valence-electron chi connectivity index (χ1n) is 10.1. The molecule has 5 heteroatoms. The van der Waals surface area contributed by atoms with Gasteiger partial charge in [-0.1, -0.05) is 45.0 Å². The molecule has 0 spiro atoms. The number of nitrogens with zero attached hydrogens (tertiary/aromatic N) is 1. The molecule has 0 bridgehead atoms. The maximum absolute atomic E-state index is 12.4. The van der Waals surface area contributed by atoms with Gasteiger partial charge < -0.3 is 9.47 Å². The number of hydrogen-bond donors (Lipinski definition) is 1. The third-order valence-electron chi connectivity index (χ3n) is 5.21. The van der Waals surface area contributed by atoms with Crippen LogP contribution in [0.5, 0.6) is 11.5 Å². The molecule has 1 saturated carbocycles. The molecular formula is C24H30N2O3. The molecule has 5 nitrogen and oxygen atoms in total. The quantitative estimate of drug-likeness (QED) is 0.549. The summed E-state index contributed by atoms with van der Waals surface area (Å²) in [7, 11) is 1.61. The van der Waals surface area contributed by atoms with Crippen LogP contribution in [0.15, 0.2) is 47.6 Å². The van der Waals surface area contributed by atoms with Crippen molar-refractivity contribution in [1.82, 2.24) is 5.43 Å². The zero-order valence-corrected chi connectivity index (χ0v) is 17.9. The summed E-state index contributed by atoms with van der Waals surface area (Å²) in [6.45, 7) is 9.07. The smallest absolute Gasteiger partial charge is 0.243 e. The van der Waals surface area contributed by atoms with Crippen LogP contribution in [0.3, 0.4) is 0 Å². The number of benzene rings is 2. The molecule has 0 heterocycles. The molecule has 1 aliphatic rings. The van der Waals surface area contributed by atoms with Crippen molar-refractivity contribution in [2.75, 3.05) is 13.7 Å². The zero-order chi connectivity index (χ0) is 21.0. The third kappa shape index (κ3) is 5.17. The van der Waals surface area contributed by atoms with Crippen molar-refractivity contribution in [1.29, 1.82) is 0 Å². The van der Waals surface area contributed by atoms with Gasteiger partial charge in [0.15, 0.2) is 11.5 Å². The van der Waals surface area contributed by atoms with E-state index in [2.05, 4.69) is 55.6 Å². The molecule has 1 N–H and O–H groups in total. The summed E-state index contributed by atoms with van der Waals surface area (Å²) >= 11 is 0. The monoisotopic (exact) mass is 394 g/mol. The van der Waals surface area contributed by atoms with E-state index in [1.54, 1.807) is 13.3 Å². The molecule has 154 valence electrons. The van der Waals surface area contributed by atoms with E-state index >= 15 is 0 Å². The minimum Gasteiger partial charge on any atom is -0.493 e. The van der Waals surface area contributed by atoms with Crippen molar-refractivity contribution in [3.8, 4) is 11.5 Å². The van der Waals surface area contributed by atoms with Gasteiger partial charge in [-0.15, -0.1) is 0 Å². The highest BCUT2D eigenvalue weighted by Crippen LogP contribution is 2.47. The molecule has 1 amide bonds. The summed E-state index contributed by atoms with van der Waals surface area (Å²) in [4.78, 5) is 12.4. The number of rotatable bonds is 7. The Morgan fingerprint density at radius 2 is 1.90 bits per heavy atom. The lowest BCUT2D eigenvalue weighted by Gasteiger charge is -2.19. The van der Waals surface area contributed by atoms with E-state index in [4.69, 9.17) is 9.47 Å². The van der Waals surface area contributed by atoms with Crippen LogP contribution in [-0.2, 0) is 10.2 Å². The summed E-state index contributed by atoms with van der Waals surface area (Å²) in [6, 6.07) is 14.2. The van der Waals surface area contributed by atoms with Gasteiger partial charge in [0, 0.05) is 5.92 Å². The van der Waals surface area contributed by atoms with Crippen LogP contribution < -0.4 is 14.9 Å². The number of nitrogens with one attached hydrogen (secondary N) is 1.